The number of hydrogen-bond donors (Lipinski definition) is 3. The Kier molecular flexibility index (Phi) is 2.72. The van der Waals surface area contributed by atoms with Gasteiger partial charge >= 0.3 is 0 Å². The Morgan fingerprint density at radius 2 is 1.94 bits per heavy atom. The molecule has 16 heavy (non-hydrogen) atoms. The number of hydrogen-bond acceptors (Lipinski definition) is 4. The molecule has 0 aliphatic rings. The smallest absolute Gasteiger partial charge is 0.152 e. The van der Waals surface area contributed by atoms with Gasteiger partial charge in [0, 0.05) is 6.54 Å². The first-order valence-corrected chi connectivity index (χ1v) is 5.10. The Bertz CT molecular complexity index is 520. The van der Waals surface area contributed by atoms with Crippen molar-refractivity contribution < 1.29 is 0 Å². The van der Waals surface area contributed by atoms with Gasteiger partial charge in [0.15, 0.2) is 5.82 Å². The fourth-order valence-corrected chi connectivity index (χ4v) is 1.71. The number of rotatable bonds is 2. The Morgan fingerprint density at radius 3 is 2.50 bits per heavy atom. The molecule has 0 aliphatic carbocycles. The van der Waals surface area contributed by atoms with Crippen LogP contribution in [0, 0.1) is 0 Å². The van der Waals surface area contributed by atoms with E-state index in [0.717, 1.165) is 0 Å². The third-order valence-corrected chi connectivity index (χ3v) is 2.66. The van der Waals surface area contributed by atoms with Crippen LogP contribution in [0.25, 0.3) is 5.69 Å². The molecule has 6 heteroatoms. The molecule has 0 saturated heterocycles. The fraction of sp³-hybridized carbons (Fsp3) is 0.100. The molecule has 0 aliphatic heterocycles. The molecule has 1 aromatic heterocycles. The summed E-state index contributed by atoms with van der Waals surface area (Å²) in [7, 11) is 0. The summed E-state index contributed by atoms with van der Waals surface area (Å²) in [6.45, 7) is 0.252. The van der Waals surface area contributed by atoms with Crippen molar-refractivity contribution in [2.45, 2.75) is 6.54 Å². The minimum atomic E-state index is 0.252. The van der Waals surface area contributed by atoms with Gasteiger partial charge < -0.3 is 17.2 Å². The minimum Gasteiger partial charge on any atom is -0.383 e. The molecule has 0 bridgehead atoms. The number of para-hydroxylation sites is 1. The quantitative estimate of drug-likeness (QED) is 0.730. The standard InChI is InChI=1S/C10H12ClN5/c11-7-3-1-2-4-8(7)16-10(14)6(5-12)9(13)15-16/h1-4H,5,12,14H2,(H2,13,15). The van der Waals surface area contributed by atoms with E-state index in [4.69, 9.17) is 28.8 Å². The van der Waals surface area contributed by atoms with Gasteiger partial charge in [-0.15, -0.1) is 5.10 Å². The molecule has 1 heterocycles. The summed E-state index contributed by atoms with van der Waals surface area (Å²) in [5.74, 6) is 0.757. The maximum atomic E-state index is 6.05. The average molecular weight is 238 g/mol. The topological polar surface area (TPSA) is 95.9 Å². The van der Waals surface area contributed by atoms with Crippen LogP contribution < -0.4 is 17.2 Å². The number of aromatic nitrogens is 2. The molecular weight excluding hydrogens is 226 g/mol. The summed E-state index contributed by atoms with van der Waals surface area (Å²) in [5, 5.41) is 4.67. The third-order valence-electron chi connectivity index (χ3n) is 2.34. The summed E-state index contributed by atoms with van der Waals surface area (Å²) >= 11 is 6.05. The van der Waals surface area contributed by atoms with Crippen LogP contribution in [0.1, 0.15) is 5.56 Å². The third kappa shape index (κ3) is 1.60. The Balaban J connectivity index is 2.62. The summed E-state index contributed by atoms with van der Waals surface area (Å²) in [6.07, 6.45) is 0. The molecule has 0 amide bonds. The number of anilines is 2. The highest BCUT2D eigenvalue weighted by molar-refractivity contribution is 6.32. The Hall–Kier alpha value is -1.72. The van der Waals surface area contributed by atoms with Gasteiger partial charge in [-0.3, -0.25) is 0 Å². The average Bonchev–Trinajstić information content (AvgIpc) is 2.55. The lowest BCUT2D eigenvalue weighted by Crippen LogP contribution is -2.05. The second-order valence-corrected chi connectivity index (χ2v) is 3.72. The number of halogens is 1. The van der Waals surface area contributed by atoms with Gasteiger partial charge in [-0.25, -0.2) is 4.68 Å². The SMILES string of the molecule is NCc1c(N)nn(-c2ccccc2Cl)c1N. The van der Waals surface area contributed by atoms with Crippen molar-refractivity contribution in [2.24, 2.45) is 5.73 Å². The first-order valence-electron chi connectivity index (χ1n) is 4.73. The van der Waals surface area contributed by atoms with E-state index in [9.17, 15) is 0 Å². The van der Waals surface area contributed by atoms with E-state index in [1.165, 1.54) is 4.68 Å². The van der Waals surface area contributed by atoms with Gasteiger partial charge in [0.05, 0.1) is 16.3 Å². The highest BCUT2D eigenvalue weighted by atomic mass is 35.5. The van der Waals surface area contributed by atoms with Crippen molar-refractivity contribution in [3.05, 3.63) is 34.9 Å². The maximum Gasteiger partial charge on any atom is 0.152 e. The molecule has 2 rings (SSSR count). The van der Waals surface area contributed by atoms with E-state index in [-0.39, 0.29) is 6.54 Å². The van der Waals surface area contributed by atoms with Gasteiger partial charge in [-0.05, 0) is 12.1 Å². The Labute approximate surface area is 97.8 Å². The first kappa shape index (κ1) is 10.8. The van der Waals surface area contributed by atoms with Crippen molar-refractivity contribution in [3.8, 4) is 5.69 Å². The molecule has 0 spiro atoms. The lowest BCUT2D eigenvalue weighted by atomic mass is 10.3. The van der Waals surface area contributed by atoms with Crippen LogP contribution in [0.3, 0.4) is 0 Å². The highest BCUT2D eigenvalue weighted by Crippen LogP contribution is 2.26. The van der Waals surface area contributed by atoms with Gasteiger partial charge in [0.25, 0.3) is 0 Å². The van der Waals surface area contributed by atoms with E-state index in [0.29, 0.717) is 27.9 Å². The van der Waals surface area contributed by atoms with Crippen molar-refractivity contribution in [2.75, 3.05) is 11.5 Å². The molecule has 0 radical (unpaired) electrons. The Morgan fingerprint density at radius 1 is 1.25 bits per heavy atom. The number of nitrogens with two attached hydrogens (primary N) is 3. The van der Waals surface area contributed by atoms with Gasteiger partial charge in [0.2, 0.25) is 0 Å². The van der Waals surface area contributed by atoms with Crippen molar-refractivity contribution in [3.63, 3.8) is 0 Å². The number of nitrogens with zero attached hydrogens (tertiary/aromatic N) is 2. The fourth-order valence-electron chi connectivity index (χ4n) is 1.50. The molecule has 0 saturated carbocycles. The van der Waals surface area contributed by atoms with Crippen LogP contribution in [-0.2, 0) is 6.54 Å². The lowest BCUT2D eigenvalue weighted by molar-refractivity contribution is 0.896. The second-order valence-electron chi connectivity index (χ2n) is 3.32. The zero-order chi connectivity index (χ0) is 11.7. The molecule has 0 atom stereocenters. The van der Waals surface area contributed by atoms with Crippen molar-refractivity contribution in [1.29, 1.82) is 0 Å². The maximum absolute atomic E-state index is 6.05. The molecule has 5 nitrogen and oxygen atoms in total. The van der Waals surface area contributed by atoms with E-state index >= 15 is 0 Å². The predicted molar refractivity (Wildman–Crippen MR) is 65.3 cm³/mol. The molecule has 0 fully saturated rings. The summed E-state index contributed by atoms with van der Waals surface area (Å²) < 4.78 is 1.50. The minimum absolute atomic E-state index is 0.252. The summed E-state index contributed by atoms with van der Waals surface area (Å²) in [4.78, 5) is 0. The highest BCUT2D eigenvalue weighted by Gasteiger charge is 2.14. The number of nitrogen functional groups attached to an aromatic ring is 2. The monoisotopic (exact) mass is 237 g/mol. The van der Waals surface area contributed by atoms with E-state index in [1.54, 1.807) is 6.07 Å². The first-order chi connectivity index (χ1) is 7.65. The van der Waals surface area contributed by atoms with Crippen molar-refractivity contribution >= 4 is 23.2 Å². The molecular formula is C10H12ClN5. The zero-order valence-corrected chi connectivity index (χ0v) is 9.28. The summed E-state index contributed by atoms with van der Waals surface area (Å²) in [6, 6.07) is 7.25. The van der Waals surface area contributed by atoms with Gasteiger partial charge in [0.1, 0.15) is 5.82 Å². The van der Waals surface area contributed by atoms with Crippen LogP contribution in [-0.4, -0.2) is 9.78 Å². The molecule has 84 valence electrons. The normalized spacial score (nSPS) is 10.6. The van der Waals surface area contributed by atoms with Gasteiger partial charge in [-0.1, -0.05) is 23.7 Å². The van der Waals surface area contributed by atoms with E-state index in [1.807, 2.05) is 18.2 Å². The van der Waals surface area contributed by atoms with Crippen LogP contribution in [0.5, 0.6) is 0 Å². The van der Waals surface area contributed by atoms with Crippen LogP contribution in [0.2, 0.25) is 5.02 Å². The van der Waals surface area contributed by atoms with Crippen LogP contribution in [0.4, 0.5) is 11.6 Å². The van der Waals surface area contributed by atoms with Crippen molar-refractivity contribution in [1.82, 2.24) is 9.78 Å². The molecule has 2 aromatic rings. The second kappa shape index (κ2) is 4.03. The summed E-state index contributed by atoms with van der Waals surface area (Å²) in [5.41, 5.74) is 18.5. The lowest BCUT2D eigenvalue weighted by Gasteiger charge is -2.05. The van der Waals surface area contributed by atoms with Gasteiger partial charge in [-0.2, -0.15) is 0 Å². The molecule has 1 aromatic carbocycles. The predicted octanol–water partition coefficient (Wildman–Crippen LogP) is 1.15. The van der Waals surface area contributed by atoms with E-state index < -0.39 is 0 Å². The molecule has 0 unspecified atom stereocenters. The zero-order valence-electron chi connectivity index (χ0n) is 8.52. The number of benzene rings is 1. The largest absolute Gasteiger partial charge is 0.383 e. The van der Waals surface area contributed by atoms with E-state index in [2.05, 4.69) is 5.10 Å². The molecule has 6 N–H and O–H groups in total. The van der Waals surface area contributed by atoms with Crippen LogP contribution in [0.15, 0.2) is 24.3 Å². The van der Waals surface area contributed by atoms with Crippen LogP contribution >= 0.6 is 11.6 Å².